The molecule has 0 saturated heterocycles. The number of carbonyl (C=O) groups is 1. The number of carbonyl (C=O) groups excluding carboxylic acids is 1. The quantitative estimate of drug-likeness (QED) is 0.384. The Hall–Kier alpha value is -1.35. The van der Waals surface area contributed by atoms with Gasteiger partial charge in [0.1, 0.15) is 6.10 Å². The number of thiophene rings is 1. The van der Waals surface area contributed by atoms with Crippen molar-refractivity contribution < 1.29 is 9.53 Å². The minimum atomic E-state index is -0.132. The molecule has 0 amide bonds. The molecule has 0 spiro atoms. The summed E-state index contributed by atoms with van der Waals surface area (Å²) in [4.78, 5) is 14.2. The van der Waals surface area contributed by atoms with Crippen LogP contribution in [0.4, 0.5) is 0 Å². The van der Waals surface area contributed by atoms with Gasteiger partial charge in [0, 0.05) is 9.58 Å². The predicted octanol–water partition coefficient (Wildman–Crippen LogP) is 8.57. The summed E-state index contributed by atoms with van der Waals surface area (Å²) in [6.45, 7) is 4.52. The molecule has 170 valence electrons. The second-order valence-electron chi connectivity index (χ2n) is 10.1. The van der Waals surface area contributed by atoms with Crippen LogP contribution in [0.1, 0.15) is 106 Å². The summed E-state index contributed by atoms with van der Waals surface area (Å²) in [5.41, 5.74) is 0.713. The fourth-order valence-corrected chi connectivity index (χ4v) is 7.13. The standard InChI is InChI=1S/C28H40O2S/c1-3-5-7-20-8-10-21(11-9-20)22-14-16-25(17-15-22)30-28(29)24-13-12-23-18-26(6-4-2)31-27(23)19-24/h12-13,18-22,25H,3-11,14-17H2,1-2H3. The summed E-state index contributed by atoms with van der Waals surface area (Å²) in [5.74, 6) is 2.65. The van der Waals surface area contributed by atoms with Gasteiger partial charge in [0.25, 0.3) is 0 Å². The van der Waals surface area contributed by atoms with Crippen molar-refractivity contribution in [2.45, 2.75) is 103 Å². The van der Waals surface area contributed by atoms with Crippen molar-refractivity contribution >= 4 is 27.4 Å². The number of benzene rings is 1. The zero-order valence-corrected chi connectivity index (χ0v) is 20.4. The lowest BCUT2D eigenvalue weighted by Crippen LogP contribution is -2.29. The zero-order valence-electron chi connectivity index (χ0n) is 19.5. The van der Waals surface area contributed by atoms with Gasteiger partial charge >= 0.3 is 5.97 Å². The van der Waals surface area contributed by atoms with Crippen molar-refractivity contribution in [2.24, 2.45) is 17.8 Å². The topological polar surface area (TPSA) is 26.3 Å². The molecule has 1 heterocycles. The minimum Gasteiger partial charge on any atom is -0.459 e. The van der Waals surface area contributed by atoms with Crippen LogP contribution >= 0.6 is 11.3 Å². The molecular weight excluding hydrogens is 400 g/mol. The second kappa shape index (κ2) is 11.0. The summed E-state index contributed by atoms with van der Waals surface area (Å²) in [7, 11) is 0. The number of fused-ring (bicyclic) bond motifs is 1. The van der Waals surface area contributed by atoms with Gasteiger partial charge in [-0.05, 0) is 86.3 Å². The Morgan fingerprint density at radius 3 is 2.32 bits per heavy atom. The summed E-state index contributed by atoms with van der Waals surface area (Å²) >= 11 is 1.81. The Balaban J connectivity index is 1.24. The average molecular weight is 441 g/mol. The Bertz CT molecular complexity index is 838. The molecular formula is C28H40O2S. The fourth-order valence-electron chi connectivity index (χ4n) is 5.92. The van der Waals surface area contributed by atoms with Crippen LogP contribution in [0.25, 0.3) is 10.1 Å². The third-order valence-electron chi connectivity index (χ3n) is 7.82. The van der Waals surface area contributed by atoms with E-state index >= 15 is 0 Å². The van der Waals surface area contributed by atoms with Crippen molar-refractivity contribution in [3.63, 3.8) is 0 Å². The first-order chi connectivity index (χ1) is 15.2. The Morgan fingerprint density at radius 2 is 1.65 bits per heavy atom. The van der Waals surface area contributed by atoms with Gasteiger partial charge in [-0.2, -0.15) is 0 Å². The molecule has 2 saturated carbocycles. The van der Waals surface area contributed by atoms with Crippen molar-refractivity contribution in [3.05, 3.63) is 34.7 Å². The summed E-state index contributed by atoms with van der Waals surface area (Å²) in [5, 5.41) is 1.25. The molecule has 2 aromatic rings. The lowest BCUT2D eigenvalue weighted by atomic mass is 9.70. The van der Waals surface area contributed by atoms with Crippen molar-refractivity contribution in [1.29, 1.82) is 0 Å². The number of aryl methyl sites for hydroxylation is 1. The molecule has 2 nitrogen and oxygen atoms in total. The number of rotatable bonds is 8. The number of esters is 1. The van der Waals surface area contributed by atoms with Crippen LogP contribution in [0.5, 0.6) is 0 Å². The molecule has 1 aromatic carbocycles. The van der Waals surface area contributed by atoms with E-state index in [9.17, 15) is 4.79 Å². The van der Waals surface area contributed by atoms with Gasteiger partial charge in [-0.25, -0.2) is 4.79 Å². The van der Waals surface area contributed by atoms with Gasteiger partial charge in [0.05, 0.1) is 5.56 Å². The van der Waals surface area contributed by atoms with E-state index in [2.05, 4.69) is 26.0 Å². The van der Waals surface area contributed by atoms with Gasteiger partial charge in [0.15, 0.2) is 0 Å². The van der Waals surface area contributed by atoms with E-state index in [4.69, 9.17) is 4.74 Å². The van der Waals surface area contributed by atoms with Crippen LogP contribution in [0.2, 0.25) is 0 Å². The second-order valence-corrected chi connectivity index (χ2v) is 11.2. The first kappa shape index (κ1) is 22.8. The smallest absolute Gasteiger partial charge is 0.338 e. The van der Waals surface area contributed by atoms with E-state index < -0.39 is 0 Å². The summed E-state index contributed by atoms with van der Waals surface area (Å²) in [6, 6.07) is 8.31. The van der Waals surface area contributed by atoms with E-state index in [1.807, 2.05) is 23.5 Å². The SMILES string of the molecule is CCCCC1CCC(C2CCC(OC(=O)c3ccc4cc(CCC)sc4c3)CC2)CC1. The molecule has 1 aromatic heterocycles. The maximum absolute atomic E-state index is 12.8. The average Bonchev–Trinajstić information content (AvgIpc) is 3.20. The van der Waals surface area contributed by atoms with Gasteiger partial charge < -0.3 is 4.74 Å². The maximum Gasteiger partial charge on any atom is 0.338 e. The largest absolute Gasteiger partial charge is 0.459 e. The van der Waals surface area contributed by atoms with E-state index in [-0.39, 0.29) is 12.1 Å². The van der Waals surface area contributed by atoms with Gasteiger partial charge in [0.2, 0.25) is 0 Å². The molecule has 3 heteroatoms. The van der Waals surface area contributed by atoms with Crippen LogP contribution in [-0.2, 0) is 11.2 Å². The van der Waals surface area contributed by atoms with Gasteiger partial charge in [-0.15, -0.1) is 11.3 Å². The normalized spacial score (nSPS) is 26.8. The molecule has 0 atom stereocenters. The van der Waals surface area contributed by atoms with Crippen LogP contribution in [0, 0.1) is 17.8 Å². The first-order valence-electron chi connectivity index (χ1n) is 12.9. The Labute approximate surface area is 192 Å². The molecule has 0 bridgehead atoms. The number of hydrogen-bond acceptors (Lipinski definition) is 3. The van der Waals surface area contributed by atoms with Crippen LogP contribution < -0.4 is 0 Å². The molecule has 0 aliphatic heterocycles. The third kappa shape index (κ3) is 5.92. The third-order valence-corrected chi connectivity index (χ3v) is 8.98. The fraction of sp³-hybridized carbons (Fsp3) is 0.679. The zero-order chi connectivity index (χ0) is 21.6. The highest BCUT2D eigenvalue weighted by Crippen LogP contribution is 2.41. The molecule has 31 heavy (non-hydrogen) atoms. The molecule has 0 radical (unpaired) electrons. The molecule has 4 rings (SSSR count). The van der Waals surface area contributed by atoms with E-state index in [0.29, 0.717) is 5.56 Å². The molecule has 2 aliphatic carbocycles. The van der Waals surface area contributed by atoms with E-state index in [0.717, 1.165) is 43.4 Å². The van der Waals surface area contributed by atoms with Gasteiger partial charge in [-0.1, -0.05) is 58.4 Å². The maximum atomic E-state index is 12.8. The highest BCUT2D eigenvalue weighted by Gasteiger charge is 2.32. The molecule has 2 fully saturated rings. The Kier molecular flexibility index (Phi) is 8.09. The van der Waals surface area contributed by atoms with Crippen molar-refractivity contribution in [1.82, 2.24) is 0 Å². The molecule has 2 aliphatic rings. The molecule has 0 N–H and O–H groups in total. The number of hydrogen-bond donors (Lipinski definition) is 0. The van der Waals surface area contributed by atoms with Crippen molar-refractivity contribution in [2.75, 3.05) is 0 Å². The molecule has 0 unspecified atom stereocenters. The highest BCUT2D eigenvalue weighted by molar-refractivity contribution is 7.19. The van der Waals surface area contributed by atoms with E-state index in [1.54, 1.807) is 0 Å². The summed E-state index contributed by atoms with van der Waals surface area (Å²) < 4.78 is 7.15. The first-order valence-corrected chi connectivity index (χ1v) is 13.7. The number of ether oxygens (including phenoxy) is 1. The Morgan fingerprint density at radius 1 is 0.935 bits per heavy atom. The number of unbranched alkanes of at least 4 members (excludes halogenated alkanes) is 1. The predicted molar refractivity (Wildman–Crippen MR) is 132 cm³/mol. The summed E-state index contributed by atoms with van der Waals surface area (Å²) in [6.07, 6.45) is 16.9. The van der Waals surface area contributed by atoms with Crippen LogP contribution in [-0.4, -0.2) is 12.1 Å². The van der Waals surface area contributed by atoms with Gasteiger partial charge in [-0.3, -0.25) is 0 Å². The van der Waals surface area contributed by atoms with Crippen LogP contribution in [0.15, 0.2) is 24.3 Å². The minimum absolute atomic E-state index is 0.110. The lowest BCUT2D eigenvalue weighted by Gasteiger charge is -2.37. The van der Waals surface area contributed by atoms with E-state index in [1.165, 1.54) is 72.8 Å². The lowest BCUT2D eigenvalue weighted by molar-refractivity contribution is 0.0109. The monoisotopic (exact) mass is 440 g/mol. The van der Waals surface area contributed by atoms with Crippen molar-refractivity contribution in [3.8, 4) is 0 Å². The van der Waals surface area contributed by atoms with Crippen LogP contribution in [0.3, 0.4) is 0 Å². The highest BCUT2D eigenvalue weighted by atomic mass is 32.1.